The van der Waals surface area contributed by atoms with Gasteiger partial charge in [0, 0.05) is 30.6 Å². The zero-order valence-electron chi connectivity index (χ0n) is 21.6. The highest BCUT2D eigenvalue weighted by molar-refractivity contribution is 6.04. The maximum Gasteiger partial charge on any atom is 0.301 e. The van der Waals surface area contributed by atoms with E-state index in [2.05, 4.69) is 42.3 Å². The first-order chi connectivity index (χ1) is 19.2. The highest BCUT2D eigenvalue weighted by atomic mass is 16.5. The Balaban J connectivity index is 1.16. The van der Waals surface area contributed by atoms with Crippen LogP contribution in [0.15, 0.2) is 73.2 Å². The van der Waals surface area contributed by atoms with Gasteiger partial charge in [-0.25, -0.2) is 15.0 Å². The molecule has 0 bridgehead atoms. The summed E-state index contributed by atoms with van der Waals surface area (Å²) in [5, 5.41) is 6.79. The first-order valence-electron chi connectivity index (χ1n) is 13.0. The van der Waals surface area contributed by atoms with Crippen molar-refractivity contribution in [3.63, 3.8) is 0 Å². The van der Waals surface area contributed by atoms with Gasteiger partial charge in [-0.1, -0.05) is 24.1 Å². The molecular formula is C30H30N6O3. The fourth-order valence-corrected chi connectivity index (χ4v) is 4.16. The number of carbonyl (C=O) groups is 1. The number of fused-ring (bicyclic) bond motifs is 1. The van der Waals surface area contributed by atoms with E-state index in [1.807, 2.05) is 54.6 Å². The van der Waals surface area contributed by atoms with Crippen LogP contribution in [0, 0.1) is 11.8 Å². The Morgan fingerprint density at radius 2 is 1.77 bits per heavy atom. The molecule has 1 fully saturated rings. The van der Waals surface area contributed by atoms with E-state index in [4.69, 9.17) is 9.47 Å². The number of nitrogens with zero attached hydrogens (tertiary/aromatic N) is 4. The van der Waals surface area contributed by atoms with Crippen molar-refractivity contribution in [2.45, 2.75) is 19.3 Å². The Morgan fingerprint density at radius 3 is 2.59 bits per heavy atom. The van der Waals surface area contributed by atoms with E-state index in [1.165, 1.54) is 6.33 Å². The molecule has 2 aromatic carbocycles. The second-order valence-corrected chi connectivity index (χ2v) is 9.04. The summed E-state index contributed by atoms with van der Waals surface area (Å²) in [4.78, 5) is 27.8. The van der Waals surface area contributed by atoms with Gasteiger partial charge < -0.3 is 14.8 Å². The number of hydrogen-bond donors (Lipinski definition) is 2. The molecule has 2 aromatic heterocycles. The standard InChI is InChI=1S/C30H30N6O3/c37-29(10-6-1-2-7-15-36-16-18-38-19-17-36)35-28-20-26-27(21-31-28)32-22-33-30(26)34-23-11-13-25(14-12-23)39-24-8-4-3-5-9-24/h3-5,8-9,11-14,20-22H,1-2,7,15-19H2,(H,31,35,37)(H,32,33,34). The lowest BCUT2D eigenvalue weighted by Gasteiger charge is -2.26. The van der Waals surface area contributed by atoms with Crippen molar-refractivity contribution in [1.29, 1.82) is 0 Å². The fourth-order valence-electron chi connectivity index (χ4n) is 4.16. The average molecular weight is 523 g/mol. The van der Waals surface area contributed by atoms with Crippen LogP contribution in [-0.2, 0) is 9.53 Å². The van der Waals surface area contributed by atoms with Crippen LogP contribution in [0.25, 0.3) is 10.9 Å². The summed E-state index contributed by atoms with van der Waals surface area (Å²) in [7, 11) is 0. The van der Waals surface area contributed by atoms with E-state index in [-0.39, 0.29) is 0 Å². The highest BCUT2D eigenvalue weighted by Crippen LogP contribution is 2.27. The number of para-hydroxylation sites is 1. The fraction of sp³-hybridized carbons (Fsp3) is 0.267. The van der Waals surface area contributed by atoms with Gasteiger partial charge in [0.2, 0.25) is 0 Å². The van der Waals surface area contributed by atoms with Crippen LogP contribution in [0.4, 0.5) is 17.3 Å². The summed E-state index contributed by atoms with van der Waals surface area (Å²) < 4.78 is 11.2. The van der Waals surface area contributed by atoms with Gasteiger partial charge in [0.05, 0.1) is 24.9 Å². The van der Waals surface area contributed by atoms with E-state index < -0.39 is 5.91 Å². The number of hydrogen-bond acceptors (Lipinski definition) is 8. The van der Waals surface area contributed by atoms with Crippen molar-refractivity contribution in [3.05, 3.63) is 73.2 Å². The number of anilines is 3. The number of morpholine rings is 1. The number of carbonyl (C=O) groups excluding carboxylic acids is 1. The molecule has 39 heavy (non-hydrogen) atoms. The van der Waals surface area contributed by atoms with Crippen LogP contribution >= 0.6 is 0 Å². The normalized spacial score (nSPS) is 13.3. The zero-order valence-corrected chi connectivity index (χ0v) is 21.6. The van der Waals surface area contributed by atoms with Gasteiger partial charge in [-0.05, 0) is 67.8 Å². The summed E-state index contributed by atoms with van der Waals surface area (Å²) >= 11 is 0. The number of ether oxygens (including phenoxy) is 2. The summed E-state index contributed by atoms with van der Waals surface area (Å²) in [6.07, 6.45) is 5.77. The molecule has 1 aliphatic heterocycles. The summed E-state index contributed by atoms with van der Waals surface area (Å²) in [5.41, 5.74) is 1.48. The zero-order chi connectivity index (χ0) is 26.7. The Kier molecular flexibility index (Phi) is 8.92. The molecule has 2 N–H and O–H groups in total. The number of nitrogens with one attached hydrogen (secondary N) is 2. The van der Waals surface area contributed by atoms with E-state index in [0.29, 0.717) is 23.6 Å². The number of aromatic nitrogens is 3. The third-order valence-electron chi connectivity index (χ3n) is 6.19. The van der Waals surface area contributed by atoms with Gasteiger partial charge in [-0.3, -0.25) is 15.0 Å². The van der Waals surface area contributed by atoms with Crippen LogP contribution < -0.4 is 15.4 Å². The molecule has 9 heteroatoms. The number of amides is 1. The molecule has 0 saturated carbocycles. The Hall–Kier alpha value is -4.52. The predicted octanol–water partition coefficient (Wildman–Crippen LogP) is 5.01. The molecule has 1 aliphatic rings. The molecule has 0 radical (unpaired) electrons. The molecule has 5 rings (SSSR count). The lowest BCUT2D eigenvalue weighted by molar-refractivity contribution is -0.111. The molecular weight excluding hydrogens is 492 g/mol. The molecule has 3 heterocycles. The molecule has 0 atom stereocenters. The second-order valence-electron chi connectivity index (χ2n) is 9.04. The largest absolute Gasteiger partial charge is 0.457 e. The Bertz CT molecular complexity index is 1440. The lowest BCUT2D eigenvalue weighted by Crippen LogP contribution is -2.36. The number of rotatable bonds is 9. The summed E-state index contributed by atoms with van der Waals surface area (Å²) in [6, 6.07) is 18.9. The maximum absolute atomic E-state index is 12.4. The molecule has 1 saturated heterocycles. The topological polar surface area (TPSA) is 102 Å². The predicted molar refractivity (Wildman–Crippen MR) is 151 cm³/mol. The van der Waals surface area contributed by atoms with E-state index >= 15 is 0 Å². The SMILES string of the molecule is O=C(C#CCCCCN1CCOCC1)Nc1cc2c(Nc3ccc(Oc4ccccc4)cc3)ncnc2cn1. The molecule has 1 amide bonds. The molecule has 9 nitrogen and oxygen atoms in total. The van der Waals surface area contributed by atoms with Crippen LogP contribution in [0.2, 0.25) is 0 Å². The summed E-state index contributed by atoms with van der Waals surface area (Å²) in [5.74, 6) is 7.72. The van der Waals surface area contributed by atoms with Crippen LogP contribution in [0.3, 0.4) is 0 Å². The Morgan fingerprint density at radius 1 is 0.974 bits per heavy atom. The van der Waals surface area contributed by atoms with Crippen molar-refractivity contribution < 1.29 is 14.3 Å². The Labute approximate surface area is 227 Å². The van der Waals surface area contributed by atoms with Crippen molar-refractivity contribution in [1.82, 2.24) is 19.9 Å². The minimum absolute atomic E-state index is 0.388. The van der Waals surface area contributed by atoms with E-state index in [0.717, 1.165) is 68.3 Å². The number of unbranched alkanes of at least 4 members (excludes halogenated alkanes) is 2. The van der Waals surface area contributed by atoms with Gasteiger partial charge in [0.1, 0.15) is 29.5 Å². The first-order valence-corrected chi connectivity index (χ1v) is 13.0. The molecule has 198 valence electrons. The minimum atomic E-state index is -0.393. The van der Waals surface area contributed by atoms with E-state index in [1.54, 1.807) is 12.3 Å². The highest BCUT2D eigenvalue weighted by Gasteiger charge is 2.10. The molecule has 4 aromatic rings. The number of benzene rings is 2. The van der Waals surface area contributed by atoms with Gasteiger partial charge in [-0.2, -0.15) is 0 Å². The maximum atomic E-state index is 12.4. The lowest BCUT2D eigenvalue weighted by atomic mass is 10.2. The van der Waals surface area contributed by atoms with Gasteiger partial charge in [0.15, 0.2) is 0 Å². The van der Waals surface area contributed by atoms with Crippen molar-refractivity contribution in [3.8, 4) is 23.3 Å². The average Bonchev–Trinajstić information content (AvgIpc) is 2.97. The van der Waals surface area contributed by atoms with Crippen LogP contribution in [-0.4, -0.2) is 58.6 Å². The van der Waals surface area contributed by atoms with E-state index in [9.17, 15) is 4.79 Å². The van der Waals surface area contributed by atoms with Crippen molar-refractivity contribution in [2.75, 3.05) is 43.5 Å². The smallest absolute Gasteiger partial charge is 0.301 e. The number of pyridine rings is 1. The first kappa shape index (κ1) is 26.1. The van der Waals surface area contributed by atoms with Gasteiger partial charge >= 0.3 is 5.91 Å². The minimum Gasteiger partial charge on any atom is -0.457 e. The van der Waals surface area contributed by atoms with Gasteiger partial charge in [0.25, 0.3) is 0 Å². The second kappa shape index (κ2) is 13.3. The molecule has 0 spiro atoms. The van der Waals surface area contributed by atoms with Gasteiger partial charge in [-0.15, -0.1) is 0 Å². The summed E-state index contributed by atoms with van der Waals surface area (Å²) in [6.45, 7) is 4.65. The molecule has 0 unspecified atom stereocenters. The third kappa shape index (κ3) is 7.74. The quantitative estimate of drug-likeness (QED) is 0.234. The molecule has 0 aliphatic carbocycles. The van der Waals surface area contributed by atoms with Crippen molar-refractivity contribution >= 4 is 34.1 Å². The monoisotopic (exact) mass is 522 g/mol. The van der Waals surface area contributed by atoms with Crippen molar-refractivity contribution in [2.24, 2.45) is 0 Å². The van der Waals surface area contributed by atoms with Crippen LogP contribution in [0.5, 0.6) is 11.5 Å². The van der Waals surface area contributed by atoms with Crippen LogP contribution in [0.1, 0.15) is 19.3 Å². The third-order valence-corrected chi connectivity index (χ3v) is 6.19.